The molecule has 1 aliphatic rings. The van der Waals surface area contributed by atoms with Gasteiger partial charge in [-0.25, -0.2) is 0 Å². The largest absolute Gasteiger partial charge is 0.495 e. The number of likely N-dealkylation sites (N-methyl/N-ethyl adjacent to an activating group) is 2. The number of anilines is 1. The molecule has 0 aliphatic carbocycles. The van der Waals surface area contributed by atoms with Gasteiger partial charge >= 0.3 is 0 Å². The van der Waals surface area contributed by atoms with Crippen LogP contribution in [0, 0.1) is 0 Å². The number of rotatable bonds is 3. The number of carbonyl (C=O) groups is 1. The fourth-order valence-corrected chi connectivity index (χ4v) is 2.39. The number of halogens is 1. The lowest BCUT2D eigenvalue weighted by molar-refractivity contribution is -0.134. The Morgan fingerprint density at radius 1 is 1.55 bits per heavy atom. The van der Waals surface area contributed by atoms with Crippen LogP contribution in [0.3, 0.4) is 0 Å². The lowest BCUT2D eigenvalue weighted by Gasteiger charge is -2.31. The minimum absolute atomic E-state index is 0.0715. The van der Waals surface area contributed by atoms with E-state index in [1.165, 1.54) is 0 Å². The van der Waals surface area contributed by atoms with Crippen molar-refractivity contribution in [1.82, 2.24) is 4.90 Å². The van der Waals surface area contributed by atoms with Crippen LogP contribution < -0.4 is 9.64 Å². The van der Waals surface area contributed by atoms with E-state index in [4.69, 9.17) is 21.1 Å². The molecule has 6 heteroatoms. The molecule has 1 amide bonds. The van der Waals surface area contributed by atoms with Gasteiger partial charge in [-0.15, -0.1) is 0 Å². The van der Waals surface area contributed by atoms with E-state index in [0.717, 1.165) is 12.2 Å². The third kappa shape index (κ3) is 3.23. The fraction of sp³-hybridized carbons (Fsp3) is 0.500. The highest BCUT2D eigenvalue weighted by Crippen LogP contribution is 2.29. The van der Waals surface area contributed by atoms with Gasteiger partial charge in [0.2, 0.25) is 0 Å². The molecule has 5 nitrogen and oxygen atoms in total. The first-order chi connectivity index (χ1) is 9.52. The summed E-state index contributed by atoms with van der Waals surface area (Å²) in [6, 6.07) is 5.26. The van der Waals surface area contributed by atoms with E-state index in [1.54, 1.807) is 37.3 Å². The Labute approximate surface area is 124 Å². The zero-order chi connectivity index (χ0) is 14.7. The van der Waals surface area contributed by atoms with Crippen molar-refractivity contribution in [3.63, 3.8) is 0 Å². The van der Waals surface area contributed by atoms with Gasteiger partial charge in [0.15, 0.2) is 0 Å². The normalized spacial score (nSPS) is 19.7. The maximum Gasteiger partial charge on any atom is 0.257 e. The monoisotopic (exact) mass is 298 g/mol. The van der Waals surface area contributed by atoms with Crippen LogP contribution in [-0.4, -0.2) is 57.8 Å². The molecule has 0 unspecified atom stereocenters. The quantitative estimate of drug-likeness (QED) is 0.851. The van der Waals surface area contributed by atoms with Crippen molar-refractivity contribution in [1.29, 1.82) is 0 Å². The molecule has 0 bridgehead atoms. The minimum Gasteiger partial charge on any atom is -0.495 e. The summed E-state index contributed by atoms with van der Waals surface area (Å²) in [5, 5.41) is 0.478. The summed E-state index contributed by atoms with van der Waals surface area (Å²) in [4.78, 5) is 16.1. The number of morpholine rings is 1. The highest BCUT2D eigenvalue weighted by molar-refractivity contribution is 6.32. The number of methoxy groups -OCH3 is 1. The average Bonchev–Trinajstić information content (AvgIpc) is 2.45. The minimum atomic E-state index is -0.431. The standard InChI is InChI=1S/C14H19ClN2O3/c1-16-6-7-20-13(9-16)14(18)17(2)10-4-5-12(19-3)11(15)8-10/h4-5,8,13H,6-7,9H2,1-3H3/t13-/m1/s1. The molecule has 0 radical (unpaired) electrons. The number of carbonyl (C=O) groups excluding carboxylic acids is 1. The van der Waals surface area contributed by atoms with Crippen LogP contribution in [0.4, 0.5) is 5.69 Å². The molecule has 0 N–H and O–H groups in total. The van der Waals surface area contributed by atoms with E-state index >= 15 is 0 Å². The van der Waals surface area contributed by atoms with Gasteiger partial charge < -0.3 is 19.3 Å². The molecule has 1 fully saturated rings. The summed E-state index contributed by atoms with van der Waals surface area (Å²) in [5.41, 5.74) is 0.720. The molecule has 1 heterocycles. The third-order valence-electron chi connectivity index (χ3n) is 3.40. The zero-order valence-corrected chi connectivity index (χ0v) is 12.7. The fourth-order valence-electron chi connectivity index (χ4n) is 2.13. The highest BCUT2D eigenvalue weighted by Gasteiger charge is 2.28. The third-order valence-corrected chi connectivity index (χ3v) is 3.69. The van der Waals surface area contributed by atoms with Gasteiger partial charge in [0.05, 0.1) is 18.7 Å². The van der Waals surface area contributed by atoms with Crippen molar-refractivity contribution in [2.75, 3.05) is 45.8 Å². The Balaban J connectivity index is 2.11. The molecule has 20 heavy (non-hydrogen) atoms. The Kier molecular flexibility index (Phi) is 4.86. The number of hydrogen-bond acceptors (Lipinski definition) is 4. The Morgan fingerprint density at radius 2 is 2.30 bits per heavy atom. The summed E-state index contributed by atoms with van der Waals surface area (Å²) >= 11 is 6.08. The van der Waals surface area contributed by atoms with Gasteiger partial charge in [0.1, 0.15) is 11.9 Å². The number of ether oxygens (including phenoxy) is 2. The highest BCUT2D eigenvalue weighted by atomic mass is 35.5. The molecular weight excluding hydrogens is 280 g/mol. The van der Waals surface area contributed by atoms with E-state index in [-0.39, 0.29) is 5.91 Å². The smallest absolute Gasteiger partial charge is 0.257 e. The van der Waals surface area contributed by atoms with Crippen molar-refractivity contribution in [3.8, 4) is 5.75 Å². The van der Waals surface area contributed by atoms with E-state index in [9.17, 15) is 4.79 Å². The first-order valence-electron chi connectivity index (χ1n) is 6.44. The van der Waals surface area contributed by atoms with Crippen LogP contribution in [0.2, 0.25) is 5.02 Å². The average molecular weight is 299 g/mol. The van der Waals surface area contributed by atoms with E-state index < -0.39 is 6.10 Å². The van der Waals surface area contributed by atoms with Gasteiger partial charge in [0, 0.05) is 25.8 Å². The van der Waals surface area contributed by atoms with Crippen LogP contribution >= 0.6 is 11.6 Å². The summed E-state index contributed by atoms with van der Waals surface area (Å²) in [6.07, 6.45) is -0.431. The van der Waals surface area contributed by atoms with Gasteiger partial charge in [-0.3, -0.25) is 4.79 Å². The lowest BCUT2D eigenvalue weighted by atomic mass is 10.2. The summed E-state index contributed by atoms with van der Waals surface area (Å²) in [5.74, 6) is 0.516. The van der Waals surface area contributed by atoms with Crippen LogP contribution in [0.5, 0.6) is 5.75 Å². The van der Waals surface area contributed by atoms with Crippen molar-refractivity contribution in [2.24, 2.45) is 0 Å². The maximum absolute atomic E-state index is 12.4. The molecule has 0 aromatic heterocycles. The molecule has 1 saturated heterocycles. The zero-order valence-electron chi connectivity index (χ0n) is 11.9. The Morgan fingerprint density at radius 3 is 2.90 bits per heavy atom. The molecule has 0 saturated carbocycles. The molecule has 1 atom stereocenters. The first kappa shape index (κ1) is 15.1. The van der Waals surface area contributed by atoms with Crippen LogP contribution in [0.1, 0.15) is 0 Å². The molecular formula is C14H19ClN2O3. The predicted octanol–water partition coefficient (Wildman–Crippen LogP) is 1.64. The van der Waals surface area contributed by atoms with Crippen molar-refractivity contribution >= 4 is 23.2 Å². The SMILES string of the molecule is COc1ccc(N(C)C(=O)[C@H]2CN(C)CCO2)cc1Cl. The summed E-state index contributed by atoms with van der Waals surface area (Å²) < 4.78 is 10.6. The van der Waals surface area contributed by atoms with E-state index in [2.05, 4.69) is 4.90 Å². The van der Waals surface area contributed by atoms with Gasteiger partial charge in [0.25, 0.3) is 5.91 Å². The van der Waals surface area contributed by atoms with Gasteiger partial charge in [-0.05, 0) is 25.2 Å². The van der Waals surface area contributed by atoms with Gasteiger partial charge in [-0.2, -0.15) is 0 Å². The van der Waals surface area contributed by atoms with Crippen molar-refractivity contribution in [2.45, 2.75) is 6.10 Å². The number of nitrogens with zero attached hydrogens (tertiary/aromatic N) is 2. The first-order valence-corrected chi connectivity index (χ1v) is 6.82. The number of amides is 1. The lowest BCUT2D eigenvalue weighted by Crippen LogP contribution is -2.49. The Bertz CT molecular complexity index is 495. The van der Waals surface area contributed by atoms with Crippen LogP contribution in [-0.2, 0) is 9.53 Å². The topological polar surface area (TPSA) is 42.0 Å². The molecule has 1 aromatic rings. The second-order valence-electron chi connectivity index (χ2n) is 4.84. The van der Waals surface area contributed by atoms with E-state index in [0.29, 0.717) is 23.9 Å². The second kappa shape index (κ2) is 6.43. The van der Waals surface area contributed by atoms with Crippen LogP contribution in [0.25, 0.3) is 0 Å². The van der Waals surface area contributed by atoms with E-state index in [1.807, 2.05) is 7.05 Å². The number of hydrogen-bond donors (Lipinski definition) is 0. The maximum atomic E-state index is 12.4. The predicted molar refractivity (Wildman–Crippen MR) is 78.7 cm³/mol. The summed E-state index contributed by atoms with van der Waals surface area (Å²) in [6.45, 7) is 2.03. The Hall–Kier alpha value is -1.30. The van der Waals surface area contributed by atoms with Gasteiger partial charge in [-0.1, -0.05) is 11.6 Å². The molecule has 2 rings (SSSR count). The number of benzene rings is 1. The molecule has 0 spiro atoms. The molecule has 1 aromatic carbocycles. The molecule has 110 valence electrons. The second-order valence-corrected chi connectivity index (χ2v) is 5.24. The van der Waals surface area contributed by atoms with Crippen molar-refractivity contribution in [3.05, 3.63) is 23.2 Å². The summed E-state index contributed by atoms with van der Waals surface area (Å²) in [7, 11) is 5.26. The van der Waals surface area contributed by atoms with Crippen molar-refractivity contribution < 1.29 is 14.3 Å². The van der Waals surface area contributed by atoms with Crippen LogP contribution in [0.15, 0.2) is 18.2 Å². The molecule has 1 aliphatic heterocycles.